The van der Waals surface area contributed by atoms with E-state index < -0.39 is 9.05 Å². The topological polar surface area (TPSA) is 69.9 Å². The molecule has 9 heavy (non-hydrogen) atoms. The molecule has 0 amide bonds. The van der Waals surface area contributed by atoms with Crippen molar-refractivity contribution in [2.45, 2.75) is 0 Å². The normalized spacial score (nSPS) is 8.00. The van der Waals surface area contributed by atoms with Crippen molar-refractivity contribution in [1.29, 1.82) is 0 Å². The van der Waals surface area contributed by atoms with E-state index in [9.17, 15) is 4.53 Å². The molecule has 0 heterocycles. The summed E-state index contributed by atoms with van der Waals surface area (Å²) in [6.07, 6.45) is 0. The molecule has 0 aromatic carbocycles. The van der Waals surface area contributed by atoms with Crippen LogP contribution in [-0.4, -0.2) is 124 Å². The molecule has 0 aliphatic heterocycles. The molecule has 0 bridgehead atoms. The Morgan fingerprint density at radius 3 is 1.44 bits per heavy atom. The fraction of sp³-hybridized carbons (Fsp3) is 0. The largest absolute Gasteiger partial charge is 2.00 e. The van der Waals surface area contributed by atoms with Crippen LogP contribution in [0, 0.1) is 0 Å². The first kappa shape index (κ1) is 22.8. The summed E-state index contributed by atoms with van der Waals surface area (Å²) in [5.74, 6) is 0. The molecule has 0 unspecified atom stereocenters. The van der Waals surface area contributed by atoms with E-state index in [-0.39, 0.29) is 106 Å². The monoisotopic (exact) mass is 276 g/mol. The molecule has 9 heteroatoms. The second-order valence-corrected chi connectivity index (χ2v) is 1.95. The molecule has 0 saturated carbocycles. The first-order valence-corrected chi connectivity index (χ1v) is 2.78. The Hall–Kier alpha value is 3.26. The van der Waals surface area contributed by atoms with E-state index in [1.54, 1.807) is 0 Å². The first-order valence-electron chi connectivity index (χ1n) is 1.03. The quantitative estimate of drug-likeness (QED) is 0.441. The van der Waals surface area contributed by atoms with Crippen molar-refractivity contribution in [3.63, 3.8) is 0 Å². The van der Waals surface area contributed by atoms with Crippen LogP contribution in [0.4, 0.5) is 4.53 Å². The summed E-state index contributed by atoms with van der Waals surface area (Å²) in [4.78, 5) is 22.4. The molecule has 0 rings (SSSR count). The van der Waals surface area contributed by atoms with E-state index in [1.165, 1.54) is 0 Å². The number of hydrogen-bond acceptors (Lipinski definition) is 4. The molecule has 0 aliphatic carbocycles. The van der Waals surface area contributed by atoms with Gasteiger partial charge in [-0.2, -0.15) is 4.63 Å². The van der Waals surface area contributed by atoms with E-state index in [4.69, 9.17) is 14.4 Å². The standard InChI is InChI=1S/Al.Ca.FH3O4Si.Sr.7H/c;;1-5-6(2,3)4;;;;;;;;/h;;2-4H;;;;;;;;/q;+2;;+2;;;;4*-1. The fourth-order valence-electron chi connectivity index (χ4n) is 0. The van der Waals surface area contributed by atoms with Gasteiger partial charge in [-0.15, -0.1) is 0 Å². The second kappa shape index (κ2) is 11.3. The van der Waals surface area contributed by atoms with Crippen LogP contribution in [0.2, 0.25) is 0 Å². The van der Waals surface area contributed by atoms with Crippen molar-refractivity contribution in [2.75, 3.05) is 0 Å². The number of rotatable bonds is 1. The van der Waals surface area contributed by atoms with Crippen LogP contribution in [0.3, 0.4) is 0 Å². The van der Waals surface area contributed by atoms with E-state index in [0.717, 1.165) is 0 Å². The van der Waals surface area contributed by atoms with Gasteiger partial charge in [0.25, 0.3) is 0 Å². The smallest absolute Gasteiger partial charge is 1.00 e. The zero-order valence-corrected chi connectivity index (χ0v) is 10.7. The van der Waals surface area contributed by atoms with Gasteiger partial charge in [-0.05, 0) is 0 Å². The van der Waals surface area contributed by atoms with Gasteiger partial charge in [-0.3, -0.25) is 0 Å². The van der Waals surface area contributed by atoms with Crippen LogP contribution in [0.25, 0.3) is 0 Å². The Kier molecular flexibility index (Phi) is 28.5. The summed E-state index contributed by atoms with van der Waals surface area (Å²) in [5.41, 5.74) is 0. The fourth-order valence-corrected chi connectivity index (χ4v) is 0. The van der Waals surface area contributed by atoms with Gasteiger partial charge in [0, 0.05) is 0 Å². The predicted octanol–water partition coefficient (Wildman–Crippen LogP) is -3.20. The third-order valence-electron chi connectivity index (χ3n) is 0.104. The third-order valence-corrected chi connectivity index (χ3v) is 0.311. The average Bonchev–Trinajstić information content (AvgIpc) is 1.35. The van der Waals surface area contributed by atoms with Gasteiger partial charge in [0.05, 0.1) is 0 Å². The van der Waals surface area contributed by atoms with Crippen molar-refractivity contribution in [1.82, 2.24) is 0 Å². The van der Waals surface area contributed by atoms with Crippen molar-refractivity contribution in [2.24, 2.45) is 0 Å². The number of hydrogen-bond donors (Lipinski definition) is 3. The maximum atomic E-state index is 10.3. The van der Waals surface area contributed by atoms with Crippen LogP contribution in [-0.2, 0) is 4.63 Å². The zero-order valence-electron chi connectivity index (χ0n) is 8.04. The summed E-state index contributed by atoms with van der Waals surface area (Å²) in [7, 11) is -4.80. The molecular weight excluding hydrogens is 266 g/mol. The van der Waals surface area contributed by atoms with Crippen LogP contribution in [0.5, 0.6) is 0 Å². The minimum atomic E-state index is -4.80. The molecule has 0 fully saturated rings. The molecular formula is H10AlCaFO4SiSr. The van der Waals surface area contributed by atoms with Gasteiger partial charge >= 0.3 is 92.3 Å². The van der Waals surface area contributed by atoms with Gasteiger partial charge in [0.1, 0.15) is 0 Å². The minimum Gasteiger partial charge on any atom is -1.00 e. The van der Waals surface area contributed by atoms with E-state index >= 15 is 0 Å². The van der Waals surface area contributed by atoms with Gasteiger partial charge in [-0.1, -0.05) is 4.53 Å². The molecule has 3 N–H and O–H groups in total. The zero-order chi connectivity index (χ0) is 5.21. The number of halogens is 1. The maximum absolute atomic E-state index is 10.3. The van der Waals surface area contributed by atoms with Gasteiger partial charge in [0.2, 0.25) is 0 Å². The molecule has 0 aromatic rings. The first-order chi connectivity index (χ1) is 2.56. The van der Waals surface area contributed by atoms with E-state index in [2.05, 4.69) is 4.63 Å². The van der Waals surface area contributed by atoms with Crippen molar-refractivity contribution in [3.05, 3.63) is 0 Å². The van der Waals surface area contributed by atoms with Crippen LogP contribution in [0.15, 0.2) is 0 Å². The van der Waals surface area contributed by atoms with Gasteiger partial charge < -0.3 is 20.1 Å². The average molecular weight is 276 g/mol. The molecule has 0 saturated heterocycles. The molecule has 4 nitrogen and oxygen atoms in total. The predicted molar refractivity (Wildman–Crippen MR) is 40.5 cm³/mol. The molecule has 0 spiro atoms. The molecule has 0 aliphatic rings. The Morgan fingerprint density at radius 1 is 1.33 bits per heavy atom. The minimum absolute atomic E-state index is 0. The summed E-state index contributed by atoms with van der Waals surface area (Å²) in [5, 5.41) is 0. The van der Waals surface area contributed by atoms with Crippen molar-refractivity contribution in [3.8, 4) is 0 Å². The Bertz CT molecular complexity index is 61.9. The molecule has 0 atom stereocenters. The van der Waals surface area contributed by atoms with E-state index in [1.807, 2.05) is 0 Å². The summed E-state index contributed by atoms with van der Waals surface area (Å²) >= 11 is 0. The van der Waals surface area contributed by atoms with Crippen molar-refractivity contribution < 1.29 is 29.3 Å². The SMILES string of the molecule is O[Si](O)(O)OF.[AlH3].[Ca+2].[H-].[H-].[H-].[H-].[Sr+2]. The van der Waals surface area contributed by atoms with Crippen LogP contribution in [0.1, 0.15) is 5.71 Å². The summed E-state index contributed by atoms with van der Waals surface area (Å²) < 4.78 is 12.6. The summed E-state index contributed by atoms with van der Waals surface area (Å²) in [6, 6.07) is 0. The van der Waals surface area contributed by atoms with Crippen LogP contribution >= 0.6 is 0 Å². The Balaban J connectivity index is -0.00000000595. The Morgan fingerprint density at radius 2 is 1.44 bits per heavy atom. The molecule has 0 radical (unpaired) electrons. The molecule has 0 aromatic heterocycles. The Labute approximate surface area is 136 Å². The maximum Gasteiger partial charge on any atom is 2.00 e. The summed E-state index contributed by atoms with van der Waals surface area (Å²) in [6.45, 7) is 0. The van der Waals surface area contributed by atoms with Crippen LogP contribution < -0.4 is 0 Å². The molecule has 52 valence electrons. The second-order valence-electron chi connectivity index (χ2n) is 0.651. The van der Waals surface area contributed by atoms with E-state index in [0.29, 0.717) is 0 Å². The van der Waals surface area contributed by atoms with Gasteiger partial charge in [-0.25, -0.2) is 0 Å². The van der Waals surface area contributed by atoms with Gasteiger partial charge in [0.15, 0.2) is 17.4 Å². The van der Waals surface area contributed by atoms with Crippen molar-refractivity contribution >= 4 is 110 Å². The third kappa shape index (κ3) is 24.6.